The third-order valence-electron chi connectivity index (χ3n) is 3.00. The van der Waals surface area contributed by atoms with Crippen LogP contribution in [0.2, 0.25) is 0 Å². The maximum atomic E-state index is 2.69. The Balaban J connectivity index is 2.83. The van der Waals surface area contributed by atoms with Gasteiger partial charge < -0.3 is 0 Å². The van der Waals surface area contributed by atoms with E-state index in [4.69, 9.17) is 0 Å². The molecule has 3 heteroatoms. The zero-order chi connectivity index (χ0) is 12.0. The first-order valence-corrected chi connectivity index (χ1v) is 8.38. The second-order valence-corrected chi connectivity index (χ2v) is 7.43. The maximum absolute atomic E-state index is 2.69. The van der Waals surface area contributed by atoms with Crippen molar-refractivity contribution in [1.29, 1.82) is 0 Å². The SMILES string of the molecule is CC[N](CC)[V]([C]1=CC=CC1)[N](CC)CC. The van der Waals surface area contributed by atoms with Gasteiger partial charge in [0.25, 0.3) is 0 Å². The van der Waals surface area contributed by atoms with Crippen LogP contribution in [0, 0.1) is 0 Å². The molecule has 0 aliphatic heterocycles. The topological polar surface area (TPSA) is 6.48 Å². The number of hydrogen-bond donors (Lipinski definition) is 0. The standard InChI is InChI=1S/C5H5.2C4H10N.V/c1-2-4-5-3-1;2*1-3-5-4-2;/h1-3H,4H2;2*3-4H2,1-2H3;/q;2*-1;+2. The fraction of sp³-hybridized carbons (Fsp3) is 0.692. The van der Waals surface area contributed by atoms with Crippen molar-refractivity contribution in [2.45, 2.75) is 34.1 Å². The molecule has 0 saturated carbocycles. The zero-order valence-electron chi connectivity index (χ0n) is 11.1. The number of nitrogens with zero attached hydrogens (tertiary/aromatic N) is 2. The molecule has 92 valence electrons. The van der Waals surface area contributed by atoms with Gasteiger partial charge in [0.15, 0.2) is 0 Å². The van der Waals surface area contributed by atoms with E-state index < -0.39 is 15.6 Å². The molecule has 1 aliphatic carbocycles. The molecule has 2 nitrogen and oxygen atoms in total. The van der Waals surface area contributed by atoms with Gasteiger partial charge in [0, 0.05) is 0 Å². The molecule has 0 aromatic carbocycles. The van der Waals surface area contributed by atoms with Crippen molar-refractivity contribution in [3.05, 3.63) is 22.5 Å². The van der Waals surface area contributed by atoms with Crippen LogP contribution in [0.3, 0.4) is 0 Å². The molecule has 0 aromatic rings. The van der Waals surface area contributed by atoms with E-state index >= 15 is 0 Å². The Hall–Kier alpha value is -0.0156. The van der Waals surface area contributed by atoms with Crippen molar-refractivity contribution in [2.24, 2.45) is 0 Å². The van der Waals surface area contributed by atoms with E-state index in [1.54, 1.807) is 4.28 Å². The summed E-state index contributed by atoms with van der Waals surface area (Å²) in [5, 5.41) is 0. The number of hydrogen-bond acceptors (Lipinski definition) is 2. The third kappa shape index (κ3) is 3.24. The van der Waals surface area contributed by atoms with Crippen LogP contribution in [0.15, 0.2) is 22.5 Å². The molecule has 0 unspecified atom stereocenters. The summed E-state index contributed by atoms with van der Waals surface area (Å²) in [4.78, 5) is 0. The van der Waals surface area contributed by atoms with Crippen molar-refractivity contribution < 1.29 is 15.6 Å². The van der Waals surface area contributed by atoms with Crippen molar-refractivity contribution >= 4 is 0 Å². The van der Waals surface area contributed by atoms with Gasteiger partial charge in [-0.15, -0.1) is 0 Å². The normalized spacial score (nSPS) is 15.6. The first-order chi connectivity index (χ1) is 7.78. The van der Waals surface area contributed by atoms with Crippen LogP contribution in [-0.4, -0.2) is 33.7 Å². The van der Waals surface area contributed by atoms with Gasteiger partial charge in [0.2, 0.25) is 0 Å². The fourth-order valence-electron chi connectivity index (χ4n) is 2.11. The summed E-state index contributed by atoms with van der Waals surface area (Å²) in [6, 6.07) is 0. The Bertz CT molecular complexity index is 241. The van der Waals surface area contributed by atoms with Crippen LogP contribution in [0.4, 0.5) is 0 Å². The summed E-state index contributed by atoms with van der Waals surface area (Å²) in [6.45, 7) is 13.9. The summed E-state index contributed by atoms with van der Waals surface area (Å²) >= 11 is -1.13. The van der Waals surface area contributed by atoms with Crippen LogP contribution in [0.5, 0.6) is 0 Å². The molecular formula is C13H25N2V. The molecule has 0 N–H and O–H groups in total. The summed E-state index contributed by atoms with van der Waals surface area (Å²) in [7, 11) is 0. The Kier molecular flexibility index (Phi) is 6.44. The molecule has 1 aliphatic rings. The quantitative estimate of drug-likeness (QED) is 0.694. The van der Waals surface area contributed by atoms with Gasteiger partial charge in [0.05, 0.1) is 0 Å². The van der Waals surface area contributed by atoms with Crippen molar-refractivity contribution in [3.63, 3.8) is 0 Å². The first kappa shape index (κ1) is 14.0. The molecule has 0 aromatic heterocycles. The van der Waals surface area contributed by atoms with Gasteiger partial charge >= 0.3 is 106 Å². The van der Waals surface area contributed by atoms with E-state index in [0.29, 0.717) is 0 Å². The molecule has 0 saturated heterocycles. The van der Waals surface area contributed by atoms with Gasteiger partial charge in [-0.1, -0.05) is 0 Å². The molecule has 1 rings (SSSR count). The van der Waals surface area contributed by atoms with E-state index in [-0.39, 0.29) is 0 Å². The molecule has 0 spiro atoms. The molecule has 16 heavy (non-hydrogen) atoms. The Morgan fingerprint density at radius 3 is 1.81 bits per heavy atom. The second-order valence-electron chi connectivity index (χ2n) is 3.86. The molecular weight excluding hydrogens is 235 g/mol. The number of allylic oxidation sites excluding steroid dienone is 4. The summed E-state index contributed by atoms with van der Waals surface area (Å²) in [5.74, 6) is 0. The van der Waals surface area contributed by atoms with Crippen molar-refractivity contribution in [2.75, 3.05) is 26.2 Å². The van der Waals surface area contributed by atoms with Gasteiger partial charge in [-0.25, -0.2) is 0 Å². The molecule has 0 amide bonds. The summed E-state index contributed by atoms with van der Waals surface area (Å²) in [6.07, 6.45) is 8.07. The average Bonchev–Trinajstić information content (AvgIpc) is 2.83. The van der Waals surface area contributed by atoms with Crippen LogP contribution in [-0.2, 0) is 15.6 Å². The third-order valence-corrected chi connectivity index (χ3v) is 7.76. The Labute approximate surface area is 106 Å². The van der Waals surface area contributed by atoms with Gasteiger partial charge in [-0.3, -0.25) is 0 Å². The van der Waals surface area contributed by atoms with Crippen molar-refractivity contribution in [3.8, 4) is 0 Å². The van der Waals surface area contributed by atoms with E-state index in [2.05, 4.69) is 53.4 Å². The van der Waals surface area contributed by atoms with Gasteiger partial charge in [-0.2, -0.15) is 0 Å². The van der Waals surface area contributed by atoms with Crippen LogP contribution in [0.25, 0.3) is 0 Å². The fourth-order valence-corrected chi connectivity index (χ4v) is 6.24. The van der Waals surface area contributed by atoms with Gasteiger partial charge in [-0.05, 0) is 0 Å². The van der Waals surface area contributed by atoms with E-state index in [1.807, 2.05) is 0 Å². The molecule has 0 fully saturated rings. The average molecular weight is 260 g/mol. The second kappa shape index (κ2) is 7.34. The summed E-state index contributed by atoms with van der Waals surface area (Å²) < 4.78 is 7.08. The predicted octanol–water partition coefficient (Wildman–Crippen LogP) is 2.96. The van der Waals surface area contributed by atoms with Crippen LogP contribution >= 0.6 is 0 Å². The Morgan fingerprint density at radius 1 is 1.00 bits per heavy atom. The molecule has 0 heterocycles. The molecule has 0 bridgehead atoms. The minimum atomic E-state index is -1.13. The zero-order valence-corrected chi connectivity index (χ0v) is 12.5. The number of rotatable bonds is 7. The summed E-state index contributed by atoms with van der Waals surface area (Å²) in [5.41, 5.74) is 0. The van der Waals surface area contributed by atoms with Crippen LogP contribution in [0.1, 0.15) is 34.1 Å². The van der Waals surface area contributed by atoms with E-state index in [1.165, 1.54) is 32.6 Å². The first-order valence-electron chi connectivity index (χ1n) is 6.43. The van der Waals surface area contributed by atoms with Crippen molar-refractivity contribution in [1.82, 2.24) is 7.50 Å². The van der Waals surface area contributed by atoms with E-state index in [9.17, 15) is 0 Å². The molecule has 0 radical (unpaired) electrons. The van der Waals surface area contributed by atoms with Gasteiger partial charge in [0.1, 0.15) is 0 Å². The van der Waals surface area contributed by atoms with E-state index in [0.717, 1.165) is 0 Å². The minimum absolute atomic E-state index is 1.13. The molecule has 0 atom stereocenters. The monoisotopic (exact) mass is 260 g/mol. The Morgan fingerprint density at radius 2 is 1.50 bits per heavy atom. The predicted molar refractivity (Wildman–Crippen MR) is 67.7 cm³/mol. The van der Waals surface area contributed by atoms with Crippen LogP contribution < -0.4 is 0 Å².